The molecule has 0 saturated carbocycles. The molecule has 0 radical (unpaired) electrons. The summed E-state index contributed by atoms with van der Waals surface area (Å²) in [5, 5.41) is 3.04. The Morgan fingerprint density at radius 2 is 1.67 bits per heavy atom. The molecule has 10 heteroatoms. The molecule has 0 aromatic heterocycles. The molecule has 230 valence electrons. The number of benzene rings is 2. The number of hydrogen-bond acceptors (Lipinski definition) is 6. The van der Waals surface area contributed by atoms with Gasteiger partial charge in [0.1, 0.15) is 13.2 Å². The van der Waals surface area contributed by atoms with Gasteiger partial charge in [-0.2, -0.15) is 0 Å². The Morgan fingerprint density at radius 3 is 2.40 bits per heavy atom. The van der Waals surface area contributed by atoms with Gasteiger partial charge in [-0.1, -0.05) is 19.1 Å². The molecule has 5 rings (SSSR count). The second kappa shape index (κ2) is 15.5. The second-order valence-electron chi connectivity index (χ2n) is 11.4. The summed E-state index contributed by atoms with van der Waals surface area (Å²) in [5.41, 5.74) is 2.53. The number of morpholine rings is 1. The van der Waals surface area contributed by atoms with E-state index in [0.29, 0.717) is 68.5 Å². The van der Waals surface area contributed by atoms with Crippen molar-refractivity contribution < 1.29 is 23.8 Å². The van der Waals surface area contributed by atoms with Gasteiger partial charge in [0.15, 0.2) is 11.5 Å². The fraction of sp³-hybridized carbons (Fsp3) is 0.562. The van der Waals surface area contributed by atoms with Crippen LogP contribution >= 0.6 is 12.4 Å². The van der Waals surface area contributed by atoms with E-state index in [1.807, 2.05) is 21.9 Å². The molecule has 2 fully saturated rings. The third-order valence-electron chi connectivity index (χ3n) is 8.31. The van der Waals surface area contributed by atoms with Crippen molar-refractivity contribution in [3.8, 4) is 11.5 Å². The lowest BCUT2D eigenvalue weighted by Crippen LogP contribution is -2.51. The molecule has 1 atom stereocenters. The van der Waals surface area contributed by atoms with E-state index < -0.39 is 0 Å². The van der Waals surface area contributed by atoms with Crippen LogP contribution in [0.2, 0.25) is 0 Å². The molecule has 42 heavy (non-hydrogen) atoms. The maximum Gasteiger partial charge on any atom is 0.320 e. The zero-order valence-electron chi connectivity index (χ0n) is 24.9. The lowest BCUT2D eigenvalue weighted by atomic mass is 9.95. The van der Waals surface area contributed by atoms with E-state index in [1.165, 1.54) is 5.56 Å². The number of hydrogen-bond donors (Lipinski definition) is 1. The molecule has 3 aliphatic heterocycles. The number of anilines is 1. The molecule has 3 heterocycles. The Kier molecular flexibility index (Phi) is 11.7. The van der Waals surface area contributed by atoms with Crippen molar-refractivity contribution in [3.63, 3.8) is 0 Å². The number of carbonyl (C=O) groups excluding carboxylic acids is 2. The van der Waals surface area contributed by atoms with Crippen LogP contribution < -0.4 is 14.8 Å². The average molecular weight is 601 g/mol. The Hall–Kier alpha value is -3.01. The van der Waals surface area contributed by atoms with Crippen LogP contribution in [-0.4, -0.2) is 98.4 Å². The van der Waals surface area contributed by atoms with Crippen molar-refractivity contribution in [2.45, 2.75) is 45.6 Å². The minimum atomic E-state index is -0.168. The van der Waals surface area contributed by atoms with Gasteiger partial charge in [-0.05, 0) is 81.0 Å². The SMILES string of the molecule is CCCN(CC1CCN(C(=O)N2CCOCC2)CC1)C(C)Cc1cccc(NC(=O)c2ccc3c(c2)OCCO3)c1.Cl. The number of nitrogens with zero attached hydrogens (tertiary/aromatic N) is 3. The Balaban J connectivity index is 0.00000405. The van der Waals surface area contributed by atoms with Crippen LogP contribution in [0.1, 0.15) is 49.0 Å². The Bertz CT molecular complexity index is 1180. The van der Waals surface area contributed by atoms with E-state index in [4.69, 9.17) is 14.2 Å². The lowest BCUT2D eigenvalue weighted by molar-refractivity contribution is 0.0386. The number of urea groups is 1. The lowest BCUT2D eigenvalue weighted by Gasteiger charge is -2.39. The van der Waals surface area contributed by atoms with Crippen LogP contribution in [0.15, 0.2) is 42.5 Å². The summed E-state index contributed by atoms with van der Waals surface area (Å²) in [6.45, 7) is 12.0. The molecule has 0 bridgehead atoms. The number of ether oxygens (including phenoxy) is 3. The molecule has 1 N–H and O–H groups in total. The highest BCUT2D eigenvalue weighted by atomic mass is 35.5. The van der Waals surface area contributed by atoms with Crippen LogP contribution in [0.3, 0.4) is 0 Å². The monoisotopic (exact) mass is 600 g/mol. The largest absolute Gasteiger partial charge is 0.486 e. The predicted molar refractivity (Wildman–Crippen MR) is 166 cm³/mol. The van der Waals surface area contributed by atoms with Gasteiger partial charge in [0.05, 0.1) is 13.2 Å². The topological polar surface area (TPSA) is 83.6 Å². The highest BCUT2D eigenvalue weighted by Gasteiger charge is 2.29. The summed E-state index contributed by atoms with van der Waals surface area (Å²) in [5.74, 6) is 1.71. The number of nitrogens with one attached hydrogen (secondary N) is 1. The van der Waals surface area contributed by atoms with Crippen molar-refractivity contribution in [2.75, 3.05) is 71.0 Å². The molecule has 2 aromatic carbocycles. The molecular formula is C32H45ClN4O5. The smallest absolute Gasteiger partial charge is 0.320 e. The standard InChI is InChI=1S/C32H44N4O5.ClH/c1-3-11-36(23-25-9-12-34(13-10-25)32(38)35-14-16-39-17-15-35)24(2)20-26-5-4-6-28(21-26)33-31(37)27-7-8-29-30(22-27)41-19-18-40-29;/h4-8,21-22,24-25H,3,9-20,23H2,1-2H3,(H,33,37);1H. The number of carbonyl (C=O) groups is 2. The highest BCUT2D eigenvalue weighted by molar-refractivity contribution is 6.04. The normalized spacial score (nSPS) is 17.9. The zero-order valence-corrected chi connectivity index (χ0v) is 25.7. The third kappa shape index (κ3) is 8.30. The average Bonchev–Trinajstić information content (AvgIpc) is 3.01. The van der Waals surface area contributed by atoms with E-state index in [2.05, 4.69) is 36.2 Å². The summed E-state index contributed by atoms with van der Waals surface area (Å²) in [6, 6.07) is 14.0. The van der Waals surface area contributed by atoms with Gasteiger partial charge in [-0.3, -0.25) is 4.79 Å². The first-order chi connectivity index (χ1) is 20.0. The first-order valence-corrected chi connectivity index (χ1v) is 15.2. The van der Waals surface area contributed by atoms with Gasteiger partial charge in [0.25, 0.3) is 5.91 Å². The van der Waals surface area contributed by atoms with Gasteiger partial charge in [-0.25, -0.2) is 4.79 Å². The summed E-state index contributed by atoms with van der Waals surface area (Å²) in [6.07, 6.45) is 4.10. The number of amides is 3. The van der Waals surface area contributed by atoms with Crippen molar-refractivity contribution in [3.05, 3.63) is 53.6 Å². The molecule has 0 spiro atoms. The second-order valence-corrected chi connectivity index (χ2v) is 11.4. The van der Waals surface area contributed by atoms with Gasteiger partial charge < -0.3 is 34.2 Å². The molecule has 2 saturated heterocycles. The van der Waals surface area contributed by atoms with Gasteiger partial charge in [0, 0.05) is 50.0 Å². The van der Waals surface area contributed by atoms with Crippen molar-refractivity contribution in [1.29, 1.82) is 0 Å². The van der Waals surface area contributed by atoms with Crippen molar-refractivity contribution >= 4 is 30.0 Å². The maximum absolute atomic E-state index is 13.0. The van der Waals surface area contributed by atoms with Crippen LogP contribution in [-0.2, 0) is 11.2 Å². The number of piperidine rings is 1. The predicted octanol–water partition coefficient (Wildman–Crippen LogP) is 4.94. The van der Waals surface area contributed by atoms with E-state index in [-0.39, 0.29) is 24.3 Å². The zero-order chi connectivity index (χ0) is 28.6. The van der Waals surface area contributed by atoms with Crippen LogP contribution in [0, 0.1) is 5.92 Å². The molecule has 3 aliphatic rings. The quantitative estimate of drug-likeness (QED) is 0.439. The molecule has 3 amide bonds. The first-order valence-electron chi connectivity index (χ1n) is 15.2. The maximum atomic E-state index is 13.0. The highest BCUT2D eigenvalue weighted by Crippen LogP contribution is 2.31. The number of likely N-dealkylation sites (tertiary alicyclic amines) is 1. The van der Waals surface area contributed by atoms with Gasteiger partial charge >= 0.3 is 6.03 Å². The van der Waals surface area contributed by atoms with Gasteiger partial charge in [-0.15, -0.1) is 12.4 Å². The van der Waals surface area contributed by atoms with Crippen molar-refractivity contribution in [1.82, 2.24) is 14.7 Å². The third-order valence-corrected chi connectivity index (χ3v) is 8.31. The molecule has 2 aromatic rings. The molecule has 9 nitrogen and oxygen atoms in total. The summed E-state index contributed by atoms with van der Waals surface area (Å²) < 4.78 is 16.6. The molecule has 1 unspecified atom stereocenters. The van der Waals surface area contributed by atoms with Crippen LogP contribution in [0.5, 0.6) is 11.5 Å². The van der Waals surface area contributed by atoms with Crippen LogP contribution in [0.4, 0.5) is 10.5 Å². The fourth-order valence-electron chi connectivity index (χ4n) is 6.01. The van der Waals surface area contributed by atoms with Crippen molar-refractivity contribution in [2.24, 2.45) is 5.92 Å². The molecular weight excluding hydrogens is 556 g/mol. The van der Waals surface area contributed by atoms with E-state index in [1.54, 1.807) is 18.2 Å². The fourth-order valence-corrected chi connectivity index (χ4v) is 6.01. The number of fused-ring (bicyclic) bond motifs is 1. The van der Waals surface area contributed by atoms with Crippen LogP contribution in [0.25, 0.3) is 0 Å². The summed E-state index contributed by atoms with van der Waals surface area (Å²) in [4.78, 5) is 32.4. The Labute approximate surface area is 255 Å². The number of halogens is 1. The minimum Gasteiger partial charge on any atom is -0.486 e. The van der Waals surface area contributed by atoms with E-state index in [0.717, 1.165) is 57.5 Å². The first kappa shape index (κ1) is 31.9. The minimum absolute atomic E-state index is 0. The molecule has 0 aliphatic carbocycles. The number of rotatable bonds is 9. The van der Waals surface area contributed by atoms with E-state index >= 15 is 0 Å². The van der Waals surface area contributed by atoms with E-state index in [9.17, 15) is 9.59 Å². The summed E-state index contributed by atoms with van der Waals surface area (Å²) in [7, 11) is 0. The Morgan fingerprint density at radius 1 is 0.952 bits per heavy atom. The summed E-state index contributed by atoms with van der Waals surface area (Å²) >= 11 is 0. The van der Waals surface area contributed by atoms with Gasteiger partial charge in [0.2, 0.25) is 0 Å².